The molecule has 0 spiro atoms. The van der Waals surface area contributed by atoms with E-state index in [9.17, 15) is 4.79 Å². The van der Waals surface area contributed by atoms with Crippen LogP contribution in [0, 0.1) is 0 Å². The highest BCUT2D eigenvalue weighted by Gasteiger charge is 1.98. The van der Waals surface area contributed by atoms with E-state index >= 15 is 0 Å². The Morgan fingerprint density at radius 3 is 2.50 bits per heavy atom. The van der Waals surface area contributed by atoms with Crippen LogP contribution >= 0.6 is 11.6 Å². The predicted molar refractivity (Wildman–Crippen MR) is 66.4 cm³/mol. The van der Waals surface area contributed by atoms with Crippen molar-refractivity contribution in [3.05, 3.63) is 40.4 Å². The van der Waals surface area contributed by atoms with Crippen molar-refractivity contribution >= 4 is 23.6 Å². The van der Waals surface area contributed by atoms with Crippen molar-refractivity contribution in [2.45, 2.75) is 20.3 Å². The second-order valence-electron chi connectivity index (χ2n) is 3.49. The summed E-state index contributed by atoms with van der Waals surface area (Å²) in [5.41, 5.74) is 2.14. The van der Waals surface area contributed by atoms with Crippen LogP contribution in [0.15, 0.2) is 29.8 Å². The summed E-state index contributed by atoms with van der Waals surface area (Å²) in [6, 6.07) is 7.55. The molecule has 0 aliphatic heterocycles. The molecule has 86 valence electrons. The van der Waals surface area contributed by atoms with E-state index in [0.29, 0.717) is 6.61 Å². The summed E-state index contributed by atoms with van der Waals surface area (Å²) in [6.45, 7) is 3.80. The van der Waals surface area contributed by atoms with Crippen LogP contribution in [0.5, 0.6) is 0 Å². The Hall–Kier alpha value is -1.28. The Kier molecular flexibility index (Phi) is 5.06. The van der Waals surface area contributed by atoms with Crippen LogP contribution in [0.4, 0.5) is 0 Å². The standard InChI is InChI=1S/C13H15ClO2/c1-3-11(9-16-10(2)15)8-12-4-6-13(14)7-5-12/h4-8H,3,9H2,1-2H3. The Labute approximate surface area is 101 Å². The van der Waals surface area contributed by atoms with Crippen molar-refractivity contribution in [3.8, 4) is 0 Å². The van der Waals surface area contributed by atoms with Crippen molar-refractivity contribution in [2.75, 3.05) is 6.61 Å². The van der Waals surface area contributed by atoms with Gasteiger partial charge in [0.1, 0.15) is 6.61 Å². The molecule has 3 heteroatoms. The Bertz CT molecular complexity index is 379. The van der Waals surface area contributed by atoms with Crippen molar-refractivity contribution in [1.82, 2.24) is 0 Å². The van der Waals surface area contributed by atoms with Crippen molar-refractivity contribution in [3.63, 3.8) is 0 Å². The quantitative estimate of drug-likeness (QED) is 0.748. The summed E-state index contributed by atoms with van der Waals surface area (Å²) in [4.78, 5) is 10.7. The SMILES string of the molecule is CCC(=Cc1ccc(Cl)cc1)COC(C)=O. The zero-order chi connectivity index (χ0) is 12.0. The summed E-state index contributed by atoms with van der Waals surface area (Å²) in [7, 11) is 0. The average Bonchev–Trinajstić information content (AvgIpc) is 2.26. The van der Waals surface area contributed by atoms with Gasteiger partial charge in [-0.3, -0.25) is 4.79 Å². The maximum Gasteiger partial charge on any atom is 0.302 e. The molecule has 1 rings (SSSR count). The Balaban J connectivity index is 2.71. The van der Waals surface area contributed by atoms with Gasteiger partial charge in [0.2, 0.25) is 0 Å². The van der Waals surface area contributed by atoms with Gasteiger partial charge in [-0.25, -0.2) is 0 Å². The molecular weight excluding hydrogens is 224 g/mol. The first-order valence-electron chi connectivity index (χ1n) is 5.20. The van der Waals surface area contributed by atoms with Gasteiger partial charge in [-0.05, 0) is 29.7 Å². The fourth-order valence-corrected chi connectivity index (χ4v) is 1.36. The molecule has 0 N–H and O–H groups in total. The molecule has 0 aromatic heterocycles. The van der Waals surface area contributed by atoms with E-state index in [1.165, 1.54) is 6.92 Å². The molecule has 0 heterocycles. The molecule has 0 bridgehead atoms. The van der Waals surface area contributed by atoms with Gasteiger partial charge in [0.25, 0.3) is 0 Å². The number of carbonyl (C=O) groups is 1. The van der Waals surface area contributed by atoms with Gasteiger partial charge >= 0.3 is 5.97 Å². The molecule has 16 heavy (non-hydrogen) atoms. The highest BCUT2D eigenvalue weighted by molar-refractivity contribution is 6.30. The summed E-state index contributed by atoms with van der Waals surface area (Å²) in [5.74, 6) is -0.254. The van der Waals surface area contributed by atoms with Gasteiger partial charge in [-0.15, -0.1) is 0 Å². The third kappa shape index (κ3) is 4.49. The molecule has 0 aliphatic carbocycles. The fourth-order valence-electron chi connectivity index (χ4n) is 1.23. The van der Waals surface area contributed by atoms with E-state index in [2.05, 4.69) is 0 Å². The number of benzene rings is 1. The molecule has 0 fully saturated rings. The van der Waals surface area contributed by atoms with E-state index in [-0.39, 0.29) is 5.97 Å². The monoisotopic (exact) mass is 238 g/mol. The normalized spacial score (nSPS) is 11.3. The number of rotatable bonds is 4. The van der Waals surface area contributed by atoms with Crippen LogP contribution in [0.2, 0.25) is 5.02 Å². The third-order valence-electron chi connectivity index (χ3n) is 2.16. The first-order valence-corrected chi connectivity index (χ1v) is 5.58. The van der Waals surface area contributed by atoms with Crippen molar-refractivity contribution in [2.24, 2.45) is 0 Å². The molecular formula is C13H15ClO2. The Morgan fingerprint density at radius 2 is 2.00 bits per heavy atom. The predicted octanol–water partition coefficient (Wildman–Crippen LogP) is 3.70. The fraction of sp³-hybridized carbons (Fsp3) is 0.308. The molecule has 0 radical (unpaired) electrons. The molecule has 0 amide bonds. The maximum atomic E-state index is 10.7. The maximum absolute atomic E-state index is 10.7. The first kappa shape index (κ1) is 12.8. The lowest BCUT2D eigenvalue weighted by Gasteiger charge is -2.05. The number of hydrogen-bond donors (Lipinski definition) is 0. The van der Waals surface area contributed by atoms with Crippen LogP contribution in [-0.4, -0.2) is 12.6 Å². The minimum absolute atomic E-state index is 0.254. The highest BCUT2D eigenvalue weighted by Crippen LogP contribution is 2.14. The smallest absolute Gasteiger partial charge is 0.302 e. The van der Waals surface area contributed by atoms with E-state index in [1.54, 1.807) is 0 Å². The first-order chi connectivity index (χ1) is 7.61. The lowest BCUT2D eigenvalue weighted by molar-refractivity contribution is -0.139. The van der Waals surface area contributed by atoms with Crippen molar-refractivity contribution < 1.29 is 9.53 Å². The topological polar surface area (TPSA) is 26.3 Å². The number of esters is 1. The minimum Gasteiger partial charge on any atom is -0.461 e. The zero-order valence-corrected chi connectivity index (χ0v) is 10.3. The van der Waals surface area contributed by atoms with E-state index < -0.39 is 0 Å². The molecule has 1 aromatic carbocycles. The summed E-state index contributed by atoms with van der Waals surface area (Å²) in [6.07, 6.45) is 2.87. The average molecular weight is 239 g/mol. The lowest BCUT2D eigenvalue weighted by Crippen LogP contribution is -2.02. The number of ether oxygens (including phenoxy) is 1. The molecule has 0 aliphatic rings. The molecule has 0 saturated heterocycles. The molecule has 0 unspecified atom stereocenters. The number of halogens is 1. The minimum atomic E-state index is -0.254. The lowest BCUT2D eigenvalue weighted by atomic mass is 10.1. The van der Waals surface area contributed by atoms with E-state index in [1.807, 2.05) is 37.3 Å². The van der Waals surface area contributed by atoms with Gasteiger partial charge in [0.15, 0.2) is 0 Å². The van der Waals surface area contributed by atoms with Crippen LogP contribution < -0.4 is 0 Å². The molecule has 1 aromatic rings. The largest absolute Gasteiger partial charge is 0.461 e. The highest BCUT2D eigenvalue weighted by atomic mass is 35.5. The van der Waals surface area contributed by atoms with Gasteiger partial charge in [-0.1, -0.05) is 36.7 Å². The second kappa shape index (κ2) is 6.33. The molecule has 0 saturated carbocycles. The van der Waals surface area contributed by atoms with Crippen molar-refractivity contribution in [1.29, 1.82) is 0 Å². The van der Waals surface area contributed by atoms with Crippen LogP contribution in [-0.2, 0) is 9.53 Å². The van der Waals surface area contributed by atoms with Crippen LogP contribution in [0.25, 0.3) is 6.08 Å². The number of carbonyl (C=O) groups excluding carboxylic acids is 1. The second-order valence-corrected chi connectivity index (χ2v) is 3.92. The summed E-state index contributed by atoms with van der Waals surface area (Å²) < 4.78 is 4.96. The summed E-state index contributed by atoms with van der Waals surface area (Å²) >= 11 is 5.79. The van der Waals surface area contributed by atoms with Gasteiger partial charge in [0, 0.05) is 11.9 Å². The number of hydrogen-bond acceptors (Lipinski definition) is 2. The van der Waals surface area contributed by atoms with E-state index in [4.69, 9.17) is 16.3 Å². The van der Waals surface area contributed by atoms with Crippen LogP contribution in [0.1, 0.15) is 25.8 Å². The third-order valence-corrected chi connectivity index (χ3v) is 2.41. The van der Waals surface area contributed by atoms with Gasteiger partial charge in [-0.2, -0.15) is 0 Å². The zero-order valence-electron chi connectivity index (χ0n) is 9.50. The molecule has 2 nitrogen and oxygen atoms in total. The van der Waals surface area contributed by atoms with E-state index in [0.717, 1.165) is 22.6 Å². The Morgan fingerprint density at radius 1 is 1.38 bits per heavy atom. The van der Waals surface area contributed by atoms with Gasteiger partial charge in [0.05, 0.1) is 0 Å². The summed E-state index contributed by atoms with van der Waals surface area (Å²) in [5, 5.41) is 0.718. The van der Waals surface area contributed by atoms with Crippen LogP contribution in [0.3, 0.4) is 0 Å². The van der Waals surface area contributed by atoms with Gasteiger partial charge < -0.3 is 4.74 Å². The molecule has 0 atom stereocenters.